The summed E-state index contributed by atoms with van der Waals surface area (Å²) in [6.45, 7) is 4.62. The van der Waals surface area contributed by atoms with E-state index >= 15 is 0 Å². The number of aromatic nitrogens is 2. The van der Waals surface area contributed by atoms with E-state index in [0.29, 0.717) is 18.9 Å². The van der Waals surface area contributed by atoms with Gasteiger partial charge in [0.05, 0.1) is 17.9 Å². The van der Waals surface area contributed by atoms with E-state index in [1.807, 2.05) is 31.6 Å². The minimum atomic E-state index is -0.419. The van der Waals surface area contributed by atoms with E-state index in [-0.39, 0.29) is 6.10 Å². The van der Waals surface area contributed by atoms with Gasteiger partial charge < -0.3 is 9.84 Å². The van der Waals surface area contributed by atoms with Crippen molar-refractivity contribution in [2.24, 2.45) is 13.0 Å². The molecular weight excluding hydrogens is 216 g/mol. The SMILES string of the molecule is CCOC(C(O)Cc1cc(C)nn1C)C1CC1. The van der Waals surface area contributed by atoms with Crippen LogP contribution in [0.1, 0.15) is 31.2 Å². The molecule has 1 aromatic rings. The summed E-state index contributed by atoms with van der Waals surface area (Å²) in [5.41, 5.74) is 2.06. The lowest BCUT2D eigenvalue weighted by atomic mass is 10.0. The van der Waals surface area contributed by atoms with Crippen LogP contribution in [0, 0.1) is 12.8 Å². The van der Waals surface area contributed by atoms with E-state index < -0.39 is 6.10 Å². The van der Waals surface area contributed by atoms with Crippen molar-refractivity contribution >= 4 is 0 Å². The third-order valence-electron chi connectivity index (χ3n) is 3.34. The molecular formula is C13H22N2O2. The molecule has 0 spiro atoms. The van der Waals surface area contributed by atoms with Crippen molar-refractivity contribution in [2.45, 2.75) is 45.3 Å². The molecule has 2 unspecified atom stereocenters. The van der Waals surface area contributed by atoms with Gasteiger partial charge in [-0.3, -0.25) is 4.68 Å². The fraction of sp³-hybridized carbons (Fsp3) is 0.769. The molecule has 1 aliphatic carbocycles. The largest absolute Gasteiger partial charge is 0.390 e. The first-order chi connectivity index (χ1) is 8.11. The monoisotopic (exact) mass is 238 g/mol. The summed E-state index contributed by atoms with van der Waals surface area (Å²) in [7, 11) is 1.92. The van der Waals surface area contributed by atoms with Gasteiger partial charge in [0.15, 0.2) is 0 Å². The molecule has 4 nitrogen and oxygen atoms in total. The normalized spacial score (nSPS) is 19.3. The number of hydrogen-bond donors (Lipinski definition) is 1. The van der Waals surface area contributed by atoms with Gasteiger partial charge in [0.25, 0.3) is 0 Å². The van der Waals surface area contributed by atoms with Gasteiger partial charge in [0, 0.05) is 25.8 Å². The van der Waals surface area contributed by atoms with Gasteiger partial charge in [-0.2, -0.15) is 5.10 Å². The standard InChI is InChI=1S/C13H22N2O2/c1-4-17-13(10-5-6-10)12(16)8-11-7-9(2)14-15(11)3/h7,10,12-13,16H,4-6,8H2,1-3H3. The molecule has 0 bridgehead atoms. The average molecular weight is 238 g/mol. The Labute approximate surface area is 103 Å². The molecule has 96 valence electrons. The van der Waals surface area contributed by atoms with Crippen molar-refractivity contribution in [2.75, 3.05) is 6.61 Å². The minimum absolute atomic E-state index is 0.00444. The van der Waals surface area contributed by atoms with E-state index in [1.54, 1.807) is 0 Å². The highest BCUT2D eigenvalue weighted by atomic mass is 16.5. The quantitative estimate of drug-likeness (QED) is 0.816. The first-order valence-corrected chi connectivity index (χ1v) is 6.41. The smallest absolute Gasteiger partial charge is 0.0865 e. The predicted molar refractivity (Wildman–Crippen MR) is 65.8 cm³/mol. The van der Waals surface area contributed by atoms with Gasteiger partial charge in [0.2, 0.25) is 0 Å². The van der Waals surface area contributed by atoms with E-state index in [0.717, 1.165) is 11.4 Å². The van der Waals surface area contributed by atoms with E-state index in [1.165, 1.54) is 12.8 Å². The van der Waals surface area contributed by atoms with Crippen LogP contribution >= 0.6 is 0 Å². The van der Waals surface area contributed by atoms with Crippen molar-refractivity contribution in [1.82, 2.24) is 9.78 Å². The van der Waals surface area contributed by atoms with Crippen molar-refractivity contribution in [3.63, 3.8) is 0 Å². The van der Waals surface area contributed by atoms with E-state index in [2.05, 4.69) is 5.10 Å². The van der Waals surface area contributed by atoms with Crippen molar-refractivity contribution in [1.29, 1.82) is 0 Å². The highest BCUT2D eigenvalue weighted by Gasteiger charge is 2.36. The summed E-state index contributed by atoms with van der Waals surface area (Å²) in [4.78, 5) is 0. The third-order valence-corrected chi connectivity index (χ3v) is 3.34. The highest BCUT2D eigenvalue weighted by Crippen LogP contribution is 2.36. The lowest BCUT2D eigenvalue weighted by molar-refractivity contribution is -0.0445. The van der Waals surface area contributed by atoms with Crippen LogP contribution in [-0.2, 0) is 18.2 Å². The Balaban J connectivity index is 1.98. The zero-order valence-corrected chi connectivity index (χ0v) is 10.9. The molecule has 2 atom stereocenters. The molecule has 0 aliphatic heterocycles. The molecule has 0 amide bonds. The van der Waals surface area contributed by atoms with E-state index in [4.69, 9.17) is 4.74 Å². The molecule has 1 aliphatic rings. The second-order valence-electron chi connectivity index (χ2n) is 4.93. The van der Waals surface area contributed by atoms with Crippen molar-refractivity contribution in [3.05, 3.63) is 17.5 Å². The number of aliphatic hydroxyl groups is 1. The van der Waals surface area contributed by atoms with Crippen LogP contribution in [0.4, 0.5) is 0 Å². The predicted octanol–water partition coefficient (Wildman–Crippen LogP) is 1.45. The number of ether oxygens (including phenoxy) is 1. The highest BCUT2D eigenvalue weighted by molar-refractivity contribution is 5.10. The average Bonchev–Trinajstić information content (AvgIpc) is 3.03. The second-order valence-corrected chi connectivity index (χ2v) is 4.93. The molecule has 0 radical (unpaired) electrons. The van der Waals surface area contributed by atoms with Gasteiger partial charge in [-0.05, 0) is 38.7 Å². The number of nitrogens with zero attached hydrogens (tertiary/aromatic N) is 2. The summed E-state index contributed by atoms with van der Waals surface area (Å²) in [6.07, 6.45) is 2.57. The molecule has 1 N–H and O–H groups in total. The minimum Gasteiger partial charge on any atom is -0.390 e. The number of aryl methyl sites for hydroxylation is 2. The van der Waals surface area contributed by atoms with Crippen LogP contribution in [0.25, 0.3) is 0 Å². The maximum Gasteiger partial charge on any atom is 0.0865 e. The first kappa shape index (κ1) is 12.6. The molecule has 1 heterocycles. The molecule has 1 aromatic heterocycles. The summed E-state index contributed by atoms with van der Waals surface area (Å²) >= 11 is 0. The summed E-state index contributed by atoms with van der Waals surface area (Å²) in [5, 5.41) is 14.6. The van der Waals surface area contributed by atoms with Gasteiger partial charge in [-0.1, -0.05) is 0 Å². The van der Waals surface area contributed by atoms with Crippen LogP contribution in [0.2, 0.25) is 0 Å². The Morgan fingerprint density at radius 2 is 2.29 bits per heavy atom. The van der Waals surface area contributed by atoms with Crippen LogP contribution in [0.3, 0.4) is 0 Å². The van der Waals surface area contributed by atoms with Crippen LogP contribution in [-0.4, -0.2) is 33.7 Å². The fourth-order valence-electron chi connectivity index (χ4n) is 2.36. The van der Waals surface area contributed by atoms with Gasteiger partial charge in [0.1, 0.15) is 0 Å². The second kappa shape index (κ2) is 5.19. The van der Waals surface area contributed by atoms with Crippen molar-refractivity contribution < 1.29 is 9.84 Å². The topological polar surface area (TPSA) is 47.3 Å². The Hall–Kier alpha value is -0.870. The first-order valence-electron chi connectivity index (χ1n) is 6.41. The van der Waals surface area contributed by atoms with Crippen LogP contribution in [0.15, 0.2) is 6.07 Å². The lowest BCUT2D eigenvalue weighted by Gasteiger charge is -2.22. The summed E-state index contributed by atoms with van der Waals surface area (Å²) in [6, 6.07) is 2.03. The molecule has 1 fully saturated rings. The summed E-state index contributed by atoms with van der Waals surface area (Å²) < 4.78 is 7.51. The van der Waals surface area contributed by atoms with E-state index in [9.17, 15) is 5.11 Å². The Bertz CT molecular complexity index is 371. The molecule has 0 aromatic carbocycles. The van der Waals surface area contributed by atoms with Crippen LogP contribution < -0.4 is 0 Å². The zero-order valence-electron chi connectivity index (χ0n) is 10.9. The molecule has 0 saturated heterocycles. The Morgan fingerprint density at radius 1 is 1.59 bits per heavy atom. The zero-order chi connectivity index (χ0) is 12.4. The Kier molecular flexibility index (Phi) is 3.84. The summed E-state index contributed by atoms with van der Waals surface area (Å²) in [5.74, 6) is 0.555. The lowest BCUT2D eigenvalue weighted by Crippen LogP contribution is -2.33. The number of rotatable bonds is 6. The third kappa shape index (κ3) is 3.07. The maximum atomic E-state index is 10.3. The van der Waals surface area contributed by atoms with Crippen molar-refractivity contribution in [3.8, 4) is 0 Å². The van der Waals surface area contributed by atoms with Gasteiger partial charge in [-0.25, -0.2) is 0 Å². The maximum absolute atomic E-state index is 10.3. The number of aliphatic hydroxyl groups excluding tert-OH is 1. The Morgan fingerprint density at radius 3 is 2.76 bits per heavy atom. The van der Waals surface area contributed by atoms with Gasteiger partial charge in [-0.15, -0.1) is 0 Å². The number of hydrogen-bond acceptors (Lipinski definition) is 3. The molecule has 4 heteroatoms. The molecule has 2 rings (SSSR count). The fourth-order valence-corrected chi connectivity index (χ4v) is 2.36. The van der Waals surface area contributed by atoms with Gasteiger partial charge >= 0.3 is 0 Å². The van der Waals surface area contributed by atoms with Crippen LogP contribution in [0.5, 0.6) is 0 Å². The molecule has 17 heavy (non-hydrogen) atoms. The molecule has 1 saturated carbocycles.